The van der Waals surface area contributed by atoms with Crippen LogP contribution in [0, 0.1) is 5.41 Å². The van der Waals surface area contributed by atoms with Gasteiger partial charge in [-0.05, 0) is 11.5 Å². The molecule has 0 aliphatic carbocycles. The van der Waals surface area contributed by atoms with Crippen molar-refractivity contribution in [3.05, 3.63) is 24.0 Å². The average Bonchev–Trinajstić information content (AvgIpc) is 2.19. The standard InChI is InChI=1S/C12H18N2O2/c1-12(2,3)11(16)10(15)6-8-7-14-5-4-9(8)13/h4-5,7,11,16H,6H2,1-3H3,(H2,13,14). The van der Waals surface area contributed by atoms with Gasteiger partial charge in [-0.2, -0.15) is 0 Å². The van der Waals surface area contributed by atoms with Gasteiger partial charge in [0.25, 0.3) is 0 Å². The minimum atomic E-state index is -0.980. The van der Waals surface area contributed by atoms with Crippen LogP contribution in [0.25, 0.3) is 0 Å². The van der Waals surface area contributed by atoms with E-state index < -0.39 is 11.5 Å². The fraction of sp³-hybridized carbons (Fsp3) is 0.500. The highest BCUT2D eigenvalue weighted by Crippen LogP contribution is 2.21. The second-order valence-electron chi connectivity index (χ2n) is 4.99. The molecule has 0 radical (unpaired) electrons. The first kappa shape index (κ1) is 12.6. The fourth-order valence-electron chi connectivity index (χ4n) is 1.35. The molecule has 0 aliphatic heterocycles. The molecule has 0 amide bonds. The van der Waals surface area contributed by atoms with Gasteiger partial charge in [0.05, 0.1) is 0 Å². The lowest BCUT2D eigenvalue weighted by atomic mass is 9.85. The van der Waals surface area contributed by atoms with Gasteiger partial charge >= 0.3 is 0 Å². The van der Waals surface area contributed by atoms with Crippen LogP contribution in [0.15, 0.2) is 18.5 Å². The molecule has 4 heteroatoms. The molecule has 1 aromatic rings. The summed E-state index contributed by atoms with van der Waals surface area (Å²) in [6.45, 7) is 5.46. The van der Waals surface area contributed by atoms with E-state index in [4.69, 9.17) is 5.73 Å². The molecule has 0 saturated carbocycles. The fourth-order valence-corrected chi connectivity index (χ4v) is 1.35. The van der Waals surface area contributed by atoms with Crippen molar-refractivity contribution in [2.45, 2.75) is 33.3 Å². The Morgan fingerprint density at radius 1 is 1.56 bits per heavy atom. The average molecular weight is 222 g/mol. The normalized spacial score (nSPS) is 13.5. The monoisotopic (exact) mass is 222 g/mol. The molecule has 4 nitrogen and oxygen atoms in total. The van der Waals surface area contributed by atoms with Crippen molar-refractivity contribution in [3.63, 3.8) is 0 Å². The summed E-state index contributed by atoms with van der Waals surface area (Å²) in [4.78, 5) is 15.7. The third kappa shape index (κ3) is 3.03. The molecule has 1 unspecified atom stereocenters. The molecule has 1 aromatic heterocycles. The Morgan fingerprint density at radius 2 is 2.19 bits per heavy atom. The van der Waals surface area contributed by atoms with Gasteiger partial charge in [-0.15, -0.1) is 0 Å². The first-order valence-electron chi connectivity index (χ1n) is 5.21. The number of carbonyl (C=O) groups is 1. The summed E-state index contributed by atoms with van der Waals surface area (Å²) in [7, 11) is 0. The Morgan fingerprint density at radius 3 is 2.69 bits per heavy atom. The largest absolute Gasteiger partial charge is 0.398 e. The van der Waals surface area contributed by atoms with Crippen molar-refractivity contribution in [1.82, 2.24) is 4.98 Å². The van der Waals surface area contributed by atoms with E-state index in [1.807, 2.05) is 20.8 Å². The molecular formula is C12H18N2O2. The Hall–Kier alpha value is -1.42. The van der Waals surface area contributed by atoms with E-state index in [1.165, 1.54) is 0 Å². The van der Waals surface area contributed by atoms with Crippen LogP contribution in [0.1, 0.15) is 26.3 Å². The maximum Gasteiger partial charge on any atom is 0.166 e. The topological polar surface area (TPSA) is 76.2 Å². The second-order valence-corrected chi connectivity index (χ2v) is 4.99. The molecule has 0 aliphatic rings. The van der Waals surface area contributed by atoms with E-state index in [1.54, 1.807) is 18.5 Å². The van der Waals surface area contributed by atoms with Crippen LogP contribution in [-0.4, -0.2) is 22.0 Å². The van der Waals surface area contributed by atoms with Gasteiger partial charge < -0.3 is 10.8 Å². The van der Waals surface area contributed by atoms with Crippen LogP contribution >= 0.6 is 0 Å². The smallest absolute Gasteiger partial charge is 0.166 e. The summed E-state index contributed by atoms with van der Waals surface area (Å²) < 4.78 is 0. The number of Topliss-reactive ketones (excluding diaryl/α,β-unsaturated/α-hetero) is 1. The number of aliphatic hydroxyl groups excluding tert-OH is 1. The summed E-state index contributed by atoms with van der Waals surface area (Å²) in [6.07, 6.45) is 2.27. The predicted molar refractivity (Wildman–Crippen MR) is 62.8 cm³/mol. The summed E-state index contributed by atoms with van der Waals surface area (Å²) in [6, 6.07) is 1.64. The van der Waals surface area contributed by atoms with E-state index in [2.05, 4.69) is 4.98 Å². The van der Waals surface area contributed by atoms with Crippen molar-refractivity contribution in [2.24, 2.45) is 5.41 Å². The molecule has 3 N–H and O–H groups in total. The van der Waals surface area contributed by atoms with Crippen molar-refractivity contribution >= 4 is 11.5 Å². The third-order valence-electron chi connectivity index (χ3n) is 2.43. The number of aromatic nitrogens is 1. The Balaban J connectivity index is 2.76. The lowest BCUT2D eigenvalue weighted by Crippen LogP contribution is -2.35. The van der Waals surface area contributed by atoms with Crippen LogP contribution in [0.3, 0.4) is 0 Å². The number of rotatable bonds is 3. The SMILES string of the molecule is CC(C)(C)C(O)C(=O)Cc1cnccc1N. The number of pyridine rings is 1. The van der Waals surface area contributed by atoms with Crippen LogP contribution in [0.5, 0.6) is 0 Å². The number of nitrogens with zero attached hydrogens (tertiary/aromatic N) is 1. The van der Waals surface area contributed by atoms with Crippen LogP contribution in [-0.2, 0) is 11.2 Å². The Bertz CT molecular complexity index is 383. The number of carbonyl (C=O) groups excluding carboxylic acids is 1. The number of ketones is 1. The quantitative estimate of drug-likeness (QED) is 0.805. The molecule has 0 aromatic carbocycles. The molecule has 0 bridgehead atoms. The molecule has 0 saturated heterocycles. The van der Waals surface area contributed by atoms with E-state index in [9.17, 15) is 9.90 Å². The molecule has 1 atom stereocenters. The number of hydrogen-bond donors (Lipinski definition) is 2. The van der Waals surface area contributed by atoms with Crippen LogP contribution in [0.4, 0.5) is 5.69 Å². The maximum absolute atomic E-state index is 11.8. The van der Waals surface area contributed by atoms with Crippen molar-refractivity contribution in [2.75, 3.05) is 5.73 Å². The number of anilines is 1. The summed E-state index contributed by atoms with van der Waals surface area (Å²) in [5.41, 5.74) is 6.45. The zero-order chi connectivity index (χ0) is 12.3. The highest BCUT2D eigenvalue weighted by Gasteiger charge is 2.28. The number of hydrogen-bond acceptors (Lipinski definition) is 4. The highest BCUT2D eigenvalue weighted by molar-refractivity contribution is 5.86. The molecule has 16 heavy (non-hydrogen) atoms. The van der Waals surface area contributed by atoms with Crippen molar-refractivity contribution < 1.29 is 9.90 Å². The first-order valence-corrected chi connectivity index (χ1v) is 5.21. The van der Waals surface area contributed by atoms with Gasteiger partial charge in [0.1, 0.15) is 6.10 Å². The summed E-state index contributed by atoms with van der Waals surface area (Å²) in [5, 5.41) is 9.80. The zero-order valence-corrected chi connectivity index (χ0v) is 9.90. The van der Waals surface area contributed by atoms with E-state index in [-0.39, 0.29) is 12.2 Å². The summed E-state index contributed by atoms with van der Waals surface area (Å²) >= 11 is 0. The van der Waals surface area contributed by atoms with Crippen LogP contribution in [0.2, 0.25) is 0 Å². The molecule has 88 valence electrons. The van der Waals surface area contributed by atoms with Gasteiger partial charge in [-0.25, -0.2) is 0 Å². The maximum atomic E-state index is 11.8. The molecule has 1 rings (SSSR count). The van der Waals surface area contributed by atoms with Gasteiger partial charge in [0, 0.05) is 30.1 Å². The molecular weight excluding hydrogens is 204 g/mol. The number of aliphatic hydroxyl groups is 1. The van der Waals surface area contributed by atoms with E-state index in [0.29, 0.717) is 11.3 Å². The van der Waals surface area contributed by atoms with Gasteiger partial charge in [-0.3, -0.25) is 9.78 Å². The van der Waals surface area contributed by atoms with Crippen molar-refractivity contribution in [3.8, 4) is 0 Å². The van der Waals surface area contributed by atoms with Gasteiger partial charge in [0.2, 0.25) is 0 Å². The molecule has 0 spiro atoms. The number of nitrogen functional groups attached to an aromatic ring is 1. The highest BCUT2D eigenvalue weighted by atomic mass is 16.3. The van der Waals surface area contributed by atoms with E-state index >= 15 is 0 Å². The minimum Gasteiger partial charge on any atom is -0.398 e. The lowest BCUT2D eigenvalue weighted by molar-refractivity contribution is -0.131. The van der Waals surface area contributed by atoms with Crippen molar-refractivity contribution in [1.29, 1.82) is 0 Å². The first-order chi connectivity index (χ1) is 7.32. The Labute approximate surface area is 95.5 Å². The minimum absolute atomic E-state index is 0.123. The lowest BCUT2D eigenvalue weighted by Gasteiger charge is -2.24. The predicted octanol–water partition coefficient (Wildman–Crippen LogP) is 1.18. The van der Waals surface area contributed by atoms with Gasteiger partial charge in [0.15, 0.2) is 5.78 Å². The molecule has 1 heterocycles. The third-order valence-corrected chi connectivity index (χ3v) is 2.43. The number of nitrogens with two attached hydrogens (primary N) is 1. The summed E-state index contributed by atoms with van der Waals surface area (Å²) in [5.74, 6) is -0.229. The van der Waals surface area contributed by atoms with Gasteiger partial charge in [-0.1, -0.05) is 20.8 Å². The molecule has 0 fully saturated rings. The van der Waals surface area contributed by atoms with Crippen LogP contribution < -0.4 is 5.73 Å². The Kier molecular flexibility index (Phi) is 3.65. The van der Waals surface area contributed by atoms with E-state index in [0.717, 1.165) is 0 Å². The zero-order valence-electron chi connectivity index (χ0n) is 9.90. The second kappa shape index (κ2) is 4.61.